The Bertz CT molecular complexity index is 1580. The molecule has 8 heteroatoms. The molecule has 0 unspecified atom stereocenters. The molecular weight excluding hydrogens is 538 g/mol. The molecule has 0 spiro atoms. The van der Waals surface area contributed by atoms with Gasteiger partial charge in [-0.05, 0) is 94.0 Å². The number of fused-ring (bicyclic) bond motifs is 1. The number of likely N-dealkylation sites (tertiary alicyclic amines) is 1. The zero-order valence-corrected chi connectivity index (χ0v) is 26.2. The van der Waals surface area contributed by atoms with Gasteiger partial charge in [0.25, 0.3) is 0 Å². The third-order valence-electron chi connectivity index (χ3n) is 7.60. The molecule has 0 radical (unpaired) electrons. The molecule has 2 aromatic heterocycles. The number of hydrogen-bond donors (Lipinski definition) is 1. The number of nitrogens with one attached hydrogen (secondary N) is 1. The maximum atomic E-state index is 12.6. The van der Waals surface area contributed by atoms with Crippen molar-refractivity contribution in [2.24, 2.45) is 5.92 Å². The van der Waals surface area contributed by atoms with Crippen LogP contribution in [-0.2, 0) is 11.2 Å². The fraction of sp³-hybridized carbons (Fsp3) is 0.429. The van der Waals surface area contributed by atoms with Crippen LogP contribution < -0.4 is 10.1 Å². The summed E-state index contributed by atoms with van der Waals surface area (Å²) in [6.45, 7) is 13.4. The fourth-order valence-electron chi connectivity index (χ4n) is 5.41. The molecule has 0 saturated carbocycles. The maximum absolute atomic E-state index is 12.6. The standard InChI is InChI=1S/C35H43N5O3/c1-23(2)14-16-25-10-7-12-28-27(25)17-15-24(3)31(28)42-32-29(13-8-19-36-32)30-18-20-37-33(39-30)38-26-11-9-21-40(22-26)34(41)43-35(4,5)6/h7-8,10,12-13,15,17-20,23,26H,9,11,14,16,21-22H2,1-6H3,(H,37,38,39)/t26-/m0/s1. The first kappa shape index (κ1) is 30.3. The number of hydrogen-bond acceptors (Lipinski definition) is 7. The predicted octanol–water partition coefficient (Wildman–Crippen LogP) is 8.19. The first-order valence-electron chi connectivity index (χ1n) is 15.3. The van der Waals surface area contributed by atoms with Gasteiger partial charge in [0.15, 0.2) is 0 Å². The van der Waals surface area contributed by atoms with Crippen LogP contribution >= 0.6 is 0 Å². The van der Waals surface area contributed by atoms with Crippen molar-refractivity contribution >= 4 is 22.8 Å². The zero-order valence-electron chi connectivity index (χ0n) is 26.2. The van der Waals surface area contributed by atoms with E-state index in [9.17, 15) is 4.79 Å². The summed E-state index contributed by atoms with van der Waals surface area (Å²) in [7, 11) is 0. The van der Waals surface area contributed by atoms with Gasteiger partial charge in [-0.2, -0.15) is 0 Å². The molecule has 1 atom stereocenters. The van der Waals surface area contributed by atoms with Crippen LogP contribution in [-0.4, -0.2) is 50.7 Å². The number of carbonyl (C=O) groups is 1. The van der Waals surface area contributed by atoms with Crippen molar-refractivity contribution in [1.82, 2.24) is 19.9 Å². The highest BCUT2D eigenvalue weighted by Gasteiger charge is 2.28. The van der Waals surface area contributed by atoms with Crippen LogP contribution in [0.2, 0.25) is 0 Å². The Hall–Kier alpha value is -4.20. The summed E-state index contributed by atoms with van der Waals surface area (Å²) in [6.07, 6.45) is 7.13. The second kappa shape index (κ2) is 13.0. The van der Waals surface area contributed by atoms with Crippen molar-refractivity contribution in [2.75, 3.05) is 18.4 Å². The van der Waals surface area contributed by atoms with Gasteiger partial charge in [0.05, 0.1) is 11.3 Å². The topological polar surface area (TPSA) is 89.5 Å². The lowest BCUT2D eigenvalue weighted by atomic mass is 9.96. The van der Waals surface area contributed by atoms with Gasteiger partial charge in [0.1, 0.15) is 11.4 Å². The molecule has 1 N–H and O–H groups in total. The summed E-state index contributed by atoms with van der Waals surface area (Å²) in [5, 5.41) is 5.72. The number of aryl methyl sites for hydroxylation is 2. The summed E-state index contributed by atoms with van der Waals surface area (Å²) < 4.78 is 12.2. The Labute approximate surface area is 254 Å². The van der Waals surface area contributed by atoms with E-state index < -0.39 is 5.60 Å². The summed E-state index contributed by atoms with van der Waals surface area (Å²) >= 11 is 0. The third-order valence-corrected chi connectivity index (χ3v) is 7.60. The first-order valence-corrected chi connectivity index (χ1v) is 15.3. The molecule has 3 heterocycles. The number of benzene rings is 2. The summed E-state index contributed by atoms with van der Waals surface area (Å²) in [5.41, 5.74) is 3.33. The number of rotatable bonds is 8. The van der Waals surface area contributed by atoms with Crippen molar-refractivity contribution in [3.05, 3.63) is 72.1 Å². The van der Waals surface area contributed by atoms with E-state index in [2.05, 4.69) is 66.4 Å². The van der Waals surface area contributed by atoms with Crippen LogP contribution in [0.4, 0.5) is 10.7 Å². The largest absolute Gasteiger partial charge is 0.444 e. The average Bonchev–Trinajstić information content (AvgIpc) is 2.97. The van der Waals surface area contributed by atoms with Crippen LogP contribution in [0.1, 0.15) is 65.0 Å². The van der Waals surface area contributed by atoms with Crippen molar-refractivity contribution in [1.29, 1.82) is 0 Å². The number of pyridine rings is 1. The Morgan fingerprint density at radius 3 is 2.67 bits per heavy atom. The number of amides is 1. The minimum absolute atomic E-state index is 0.0179. The van der Waals surface area contributed by atoms with Crippen LogP contribution in [0.3, 0.4) is 0 Å². The lowest BCUT2D eigenvalue weighted by Crippen LogP contribution is -2.47. The molecule has 4 aromatic rings. The van der Waals surface area contributed by atoms with Crippen molar-refractivity contribution in [3.8, 4) is 22.9 Å². The van der Waals surface area contributed by atoms with E-state index in [4.69, 9.17) is 14.5 Å². The highest BCUT2D eigenvalue weighted by molar-refractivity contribution is 5.92. The van der Waals surface area contributed by atoms with Gasteiger partial charge in [-0.15, -0.1) is 0 Å². The van der Waals surface area contributed by atoms with Gasteiger partial charge in [-0.1, -0.05) is 44.2 Å². The predicted molar refractivity (Wildman–Crippen MR) is 172 cm³/mol. The SMILES string of the molecule is Cc1ccc2c(CCC(C)C)cccc2c1Oc1ncccc1-c1ccnc(N[C@H]2CCCN(C(=O)OC(C)(C)C)C2)n1. The first-order chi connectivity index (χ1) is 20.6. The average molecular weight is 582 g/mol. The molecule has 1 aliphatic rings. The summed E-state index contributed by atoms with van der Waals surface area (Å²) in [4.78, 5) is 28.3. The molecule has 1 aliphatic heterocycles. The fourth-order valence-corrected chi connectivity index (χ4v) is 5.41. The molecule has 0 aliphatic carbocycles. The normalized spacial score (nSPS) is 15.5. The van der Waals surface area contributed by atoms with E-state index >= 15 is 0 Å². The number of ether oxygens (including phenoxy) is 2. The molecular formula is C35H43N5O3. The summed E-state index contributed by atoms with van der Waals surface area (Å²) in [6, 6.07) is 16.5. The van der Waals surface area contributed by atoms with Gasteiger partial charge in [0.2, 0.25) is 11.8 Å². The van der Waals surface area contributed by atoms with Gasteiger partial charge < -0.3 is 19.7 Å². The number of aromatic nitrogens is 3. The Balaban J connectivity index is 1.38. The van der Waals surface area contributed by atoms with Gasteiger partial charge in [0, 0.05) is 36.9 Å². The number of piperidine rings is 1. The summed E-state index contributed by atoms with van der Waals surface area (Å²) in [5.74, 6) is 2.44. The van der Waals surface area contributed by atoms with Crippen LogP contribution in [0, 0.1) is 12.8 Å². The lowest BCUT2D eigenvalue weighted by Gasteiger charge is -2.34. The van der Waals surface area contributed by atoms with Crippen molar-refractivity contribution in [3.63, 3.8) is 0 Å². The Morgan fingerprint density at radius 2 is 1.88 bits per heavy atom. The van der Waals surface area contributed by atoms with Crippen LogP contribution in [0.25, 0.3) is 22.0 Å². The molecule has 1 amide bonds. The van der Waals surface area contributed by atoms with E-state index in [0.717, 1.165) is 47.9 Å². The smallest absolute Gasteiger partial charge is 0.410 e. The van der Waals surface area contributed by atoms with Crippen molar-refractivity contribution < 1.29 is 14.3 Å². The van der Waals surface area contributed by atoms with E-state index in [1.54, 1.807) is 17.3 Å². The lowest BCUT2D eigenvalue weighted by molar-refractivity contribution is 0.0206. The quantitative estimate of drug-likeness (QED) is 0.224. The van der Waals surface area contributed by atoms with Crippen LogP contribution in [0.15, 0.2) is 60.9 Å². The molecule has 2 aromatic carbocycles. The molecule has 0 bridgehead atoms. The number of carbonyl (C=O) groups excluding carboxylic acids is 1. The second-order valence-electron chi connectivity index (χ2n) is 12.8. The number of nitrogens with zero attached hydrogens (tertiary/aromatic N) is 4. The third kappa shape index (κ3) is 7.61. The molecule has 1 fully saturated rings. The highest BCUT2D eigenvalue weighted by Crippen LogP contribution is 2.38. The highest BCUT2D eigenvalue weighted by atomic mass is 16.6. The molecule has 43 heavy (non-hydrogen) atoms. The van der Waals surface area contributed by atoms with Crippen molar-refractivity contribution in [2.45, 2.75) is 78.9 Å². The van der Waals surface area contributed by atoms with Crippen LogP contribution in [0.5, 0.6) is 11.6 Å². The molecule has 226 valence electrons. The van der Waals surface area contributed by atoms with E-state index in [0.29, 0.717) is 36.5 Å². The van der Waals surface area contributed by atoms with E-state index in [1.807, 2.05) is 39.0 Å². The van der Waals surface area contributed by atoms with Gasteiger partial charge in [-0.3, -0.25) is 0 Å². The van der Waals surface area contributed by atoms with Gasteiger partial charge in [-0.25, -0.2) is 19.7 Å². The van der Waals surface area contributed by atoms with E-state index in [1.165, 1.54) is 10.9 Å². The minimum atomic E-state index is -0.529. The van der Waals surface area contributed by atoms with Gasteiger partial charge >= 0.3 is 6.09 Å². The van der Waals surface area contributed by atoms with E-state index in [-0.39, 0.29) is 12.1 Å². The molecule has 8 nitrogen and oxygen atoms in total. The minimum Gasteiger partial charge on any atom is -0.444 e. The number of anilines is 1. The zero-order chi connectivity index (χ0) is 30.6. The molecule has 5 rings (SSSR count). The second-order valence-corrected chi connectivity index (χ2v) is 12.8. The monoisotopic (exact) mass is 581 g/mol. The molecule has 1 saturated heterocycles. The Morgan fingerprint density at radius 1 is 1.05 bits per heavy atom. The maximum Gasteiger partial charge on any atom is 0.410 e. The Kier molecular flexibility index (Phi) is 9.14.